The van der Waals surface area contributed by atoms with Crippen molar-refractivity contribution >= 4 is 16.9 Å². The molecule has 0 fully saturated rings. The smallest absolute Gasteiger partial charge is 0.332 e. The average molecular weight is 366 g/mol. The van der Waals surface area contributed by atoms with Gasteiger partial charge in [-0.15, -0.1) is 0 Å². The van der Waals surface area contributed by atoms with Gasteiger partial charge in [-0.25, -0.2) is 9.78 Å². The molecule has 27 heavy (non-hydrogen) atoms. The molecule has 0 saturated heterocycles. The Kier molecular flexibility index (Phi) is 5.21. The number of amides is 1. The summed E-state index contributed by atoms with van der Waals surface area (Å²) in [5, 5.41) is 3.22. The molecular weight excluding hydrogens is 344 g/mol. The number of aryl methyl sites for hydroxylation is 2. The van der Waals surface area contributed by atoms with Crippen molar-refractivity contribution in [3.05, 3.63) is 74.6 Å². The van der Waals surface area contributed by atoms with Crippen LogP contribution < -0.4 is 16.6 Å². The van der Waals surface area contributed by atoms with Gasteiger partial charge >= 0.3 is 5.69 Å². The van der Waals surface area contributed by atoms with E-state index < -0.39 is 11.2 Å². The number of hydrogen-bond acceptors (Lipinski definition) is 4. The topological polar surface area (TPSA) is 86.0 Å². The lowest BCUT2D eigenvalue weighted by Crippen LogP contribution is -2.38. The van der Waals surface area contributed by atoms with Crippen LogP contribution in [0.3, 0.4) is 0 Å². The van der Waals surface area contributed by atoms with Crippen LogP contribution in [-0.4, -0.2) is 26.1 Å². The minimum Gasteiger partial charge on any atom is -0.348 e. The second kappa shape index (κ2) is 7.57. The molecule has 1 amide bonds. The van der Waals surface area contributed by atoms with Gasteiger partial charge in [-0.05, 0) is 37.5 Å². The molecular formula is C20H22N4O3. The first-order valence-electron chi connectivity index (χ1n) is 8.80. The van der Waals surface area contributed by atoms with Crippen LogP contribution in [0.4, 0.5) is 0 Å². The van der Waals surface area contributed by atoms with E-state index in [0.717, 1.165) is 17.4 Å². The summed E-state index contributed by atoms with van der Waals surface area (Å²) in [6.07, 6.45) is 1.65. The maximum atomic E-state index is 12.5. The molecule has 1 unspecified atom stereocenters. The quantitative estimate of drug-likeness (QED) is 0.739. The highest BCUT2D eigenvalue weighted by Gasteiger charge is 2.15. The van der Waals surface area contributed by atoms with E-state index in [1.807, 2.05) is 25.1 Å². The van der Waals surface area contributed by atoms with Crippen molar-refractivity contribution in [1.29, 1.82) is 0 Å². The average Bonchev–Trinajstić information content (AvgIpc) is 2.69. The van der Waals surface area contributed by atoms with Crippen LogP contribution in [0.25, 0.3) is 11.0 Å². The van der Waals surface area contributed by atoms with Gasteiger partial charge in [0.1, 0.15) is 11.3 Å². The molecule has 3 rings (SSSR count). The highest BCUT2D eigenvalue weighted by Crippen LogP contribution is 2.08. The zero-order valence-electron chi connectivity index (χ0n) is 15.6. The molecule has 2 aromatic heterocycles. The molecule has 0 saturated carbocycles. The molecule has 0 aliphatic rings. The predicted octanol–water partition coefficient (Wildman–Crippen LogP) is 1.38. The number of nitrogens with zero attached hydrogens (tertiary/aromatic N) is 3. The van der Waals surface area contributed by atoms with Crippen LogP contribution >= 0.6 is 0 Å². The number of rotatable bonds is 5. The van der Waals surface area contributed by atoms with Gasteiger partial charge < -0.3 is 5.32 Å². The zero-order valence-corrected chi connectivity index (χ0v) is 15.6. The first-order valence-corrected chi connectivity index (χ1v) is 8.80. The number of pyridine rings is 1. The fraction of sp³-hybridized carbons (Fsp3) is 0.300. The minimum atomic E-state index is -0.478. The third-order valence-corrected chi connectivity index (χ3v) is 4.62. The SMILES string of the molecule is CC(CCc1ccccc1)NC(=O)c1ccc2c(=O)n(C)c(=O)n(C)c2n1. The molecule has 140 valence electrons. The second-order valence-corrected chi connectivity index (χ2v) is 6.67. The monoisotopic (exact) mass is 366 g/mol. The minimum absolute atomic E-state index is 0.0392. The first-order chi connectivity index (χ1) is 12.9. The molecule has 0 spiro atoms. The number of fused-ring (bicyclic) bond motifs is 1. The molecule has 0 aliphatic heterocycles. The first kappa shape index (κ1) is 18.6. The van der Waals surface area contributed by atoms with Gasteiger partial charge in [-0.1, -0.05) is 30.3 Å². The summed E-state index contributed by atoms with van der Waals surface area (Å²) in [5.74, 6) is -0.328. The summed E-state index contributed by atoms with van der Waals surface area (Å²) in [5.41, 5.74) is 0.691. The van der Waals surface area contributed by atoms with E-state index in [0.29, 0.717) is 5.39 Å². The standard InChI is InChI=1S/C20H22N4O3/c1-13(9-10-14-7-5-4-6-8-14)21-18(25)16-12-11-15-17(22-16)23(2)20(27)24(3)19(15)26/h4-8,11-13H,9-10H2,1-3H3,(H,21,25). The summed E-state index contributed by atoms with van der Waals surface area (Å²) in [6, 6.07) is 13.1. The zero-order chi connectivity index (χ0) is 19.6. The molecule has 1 aromatic carbocycles. The largest absolute Gasteiger partial charge is 0.348 e. The maximum absolute atomic E-state index is 12.5. The van der Waals surface area contributed by atoms with Gasteiger partial charge in [0.15, 0.2) is 0 Å². The van der Waals surface area contributed by atoms with Crippen LogP contribution in [0.2, 0.25) is 0 Å². The van der Waals surface area contributed by atoms with Gasteiger partial charge in [0.05, 0.1) is 5.39 Å². The third kappa shape index (κ3) is 3.81. The summed E-state index contributed by atoms with van der Waals surface area (Å²) in [7, 11) is 2.94. The lowest BCUT2D eigenvalue weighted by Gasteiger charge is -2.14. The van der Waals surface area contributed by atoms with E-state index in [1.165, 1.54) is 36.4 Å². The fourth-order valence-electron chi connectivity index (χ4n) is 2.98. The summed E-state index contributed by atoms with van der Waals surface area (Å²) < 4.78 is 2.29. The van der Waals surface area contributed by atoms with Gasteiger partial charge in [0, 0.05) is 20.1 Å². The molecule has 7 nitrogen and oxygen atoms in total. The van der Waals surface area contributed by atoms with Crippen LogP contribution in [-0.2, 0) is 20.5 Å². The Balaban J connectivity index is 1.77. The number of aromatic nitrogens is 3. The molecule has 1 N–H and O–H groups in total. The molecule has 0 bridgehead atoms. The van der Waals surface area contributed by atoms with Crippen molar-refractivity contribution in [1.82, 2.24) is 19.4 Å². The van der Waals surface area contributed by atoms with Gasteiger partial charge in [0.25, 0.3) is 11.5 Å². The molecule has 0 radical (unpaired) electrons. The maximum Gasteiger partial charge on any atom is 0.332 e. The fourth-order valence-corrected chi connectivity index (χ4v) is 2.98. The van der Waals surface area contributed by atoms with E-state index in [-0.39, 0.29) is 23.3 Å². The van der Waals surface area contributed by atoms with Crippen LogP contribution in [0.15, 0.2) is 52.1 Å². The Bertz CT molecular complexity index is 1100. The highest BCUT2D eigenvalue weighted by atomic mass is 16.2. The second-order valence-electron chi connectivity index (χ2n) is 6.67. The lowest BCUT2D eigenvalue weighted by atomic mass is 10.1. The normalized spacial score (nSPS) is 12.1. The predicted molar refractivity (Wildman–Crippen MR) is 104 cm³/mol. The van der Waals surface area contributed by atoms with Crippen molar-refractivity contribution in [3.8, 4) is 0 Å². The Labute approximate surface area is 156 Å². The Hall–Kier alpha value is -3.22. The van der Waals surface area contributed by atoms with E-state index >= 15 is 0 Å². The summed E-state index contributed by atoms with van der Waals surface area (Å²) >= 11 is 0. The molecule has 2 heterocycles. The Morgan fingerprint density at radius 1 is 1.07 bits per heavy atom. The van der Waals surface area contributed by atoms with Crippen molar-refractivity contribution < 1.29 is 4.79 Å². The Morgan fingerprint density at radius 3 is 2.48 bits per heavy atom. The lowest BCUT2D eigenvalue weighted by molar-refractivity contribution is 0.0933. The van der Waals surface area contributed by atoms with Crippen molar-refractivity contribution in [2.45, 2.75) is 25.8 Å². The number of hydrogen-bond donors (Lipinski definition) is 1. The third-order valence-electron chi connectivity index (χ3n) is 4.62. The molecule has 7 heteroatoms. The Morgan fingerprint density at radius 2 is 1.78 bits per heavy atom. The van der Waals surface area contributed by atoms with E-state index in [1.54, 1.807) is 0 Å². The number of benzene rings is 1. The van der Waals surface area contributed by atoms with Crippen LogP contribution in [0.1, 0.15) is 29.4 Å². The molecule has 3 aromatic rings. The van der Waals surface area contributed by atoms with Gasteiger partial charge in [-0.2, -0.15) is 0 Å². The van der Waals surface area contributed by atoms with Crippen LogP contribution in [0.5, 0.6) is 0 Å². The van der Waals surface area contributed by atoms with Crippen molar-refractivity contribution in [2.75, 3.05) is 0 Å². The number of carbonyl (C=O) groups excluding carboxylic acids is 1. The van der Waals surface area contributed by atoms with E-state index in [9.17, 15) is 14.4 Å². The number of nitrogens with one attached hydrogen (secondary N) is 1. The van der Waals surface area contributed by atoms with Crippen molar-refractivity contribution in [3.63, 3.8) is 0 Å². The van der Waals surface area contributed by atoms with Crippen molar-refractivity contribution in [2.24, 2.45) is 14.1 Å². The van der Waals surface area contributed by atoms with Gasteiger partial charge in [-0.3, -0.25) is 18.7 Å². The number of carbonyl (C=O) groups is 1. The molecule has 0 aliphatic carbocycles. The molecule has 1 atom stereocenters. The van der Waals surface area contributed by atoms with E-state index in [4.69, 9.17) is 0 Å². The van der Waals surface area contributed by atoms with E-state index in [2.05, 4.69) is 22.4 Å². The highest BCUT2D eigenvalue weighted by molar-refractivity contribution is 5.94. The van der Waals surface area contributed by atoms with Crippen LogP contribution in [0, 0.1) is 0 Å². The summed E-state index contributed by atoms with van der Waals surface area (Å²) in [4.78, 5) is 41.0. The summed E-state index contributed by atoms with van der Waals surface area (Å²) in [6.45, 7) is 1.94. The van der Waals surface area contributed by atoms with Gasteiger partial charge in [0.2, 0.25) is 0 Å².